The minimum atomic E-state index is -3.66. The van der Waals surface area contributed by atoms with Crippen LogP contribution in [0.5, 0.6) is 0 Å². The quantitative estimate of drug-likeness (QED) is 0.843. The van der Waals surface area contributed by atoms with Gasteiger partial charge in [-0.05, 0) is 37.0 Å². The smallest absolute Gasteiger partial charge is 0.310 e. The van der Waals surface area contributed by atoms with Crippen LogP contribution in [0.15, 0.2) is 29.2 Å². The second-order valence-electron chi connectivity index (χ2n) is 5.61. The van der Waals surface area contributed by atoms with E-state index in [0.717, 1.165) is 24.8 Å². The van der Waals surface area contributed by atoms with Gasteiger partial charge >= 0.3 is 5.97 Å². The largest absolute Gasteiger partial charge is 0.481 e. The van der Waals surface area contributed by atoms with Crippen LogP contribution >= 0.6 is 0 Å². The zero-order chi connectivity index (χ0) is 15.5. The van der Waals surface area contributed by atoms with Crippen molar-refractivity contribution in [3.8, 4) is 0 Å². The Morgan fingerprint density at radius 3 is 2.29 bits per heavy atom. The van der Waals surface area contributed by atoms with Crippen molar-refractivity contribution in [1.82, 2.24) is 4.72 Å². The Hall–Kier alpha value is -1.40. The number of benzene rings is 1. The molecule has 2 rings (SSSR count). The Kier molecular flexibility index (Phi) is 4.68. The number of carboxylic acid groups (broad SMARTS) is 1. The number of rotatable bonds is 6. The molecule has 0 bridgehead atoms. The molecule has 2 N–H and O–H groups in total. The number of hydrogen-bond donors (Lipinski definition) is 2. The zero-order valence-corrected chi connectivity index (χ0v) is 12.9. The van der Waals surface area contributed by atoms with Crippen LogP contribution in [0.1, 0.15) is 38.2 Å². The molecule has 0 aliphatic heterocycles. The van der Waals surface area contributed by atoms with E-state index in [-0.39, 0.29) is 11.4 Å². The van der Waals surface area contributed by atoms with Crippen molar-refractivity contribution >= 4 is 16.0 Å². The Labute approximate surface area is 125 Å². The molecule has 21 heavy (non-hydrogen) atoms. The standard InChI is InChI=1S/C15H21NO4S/c1-2-12-5-7-13(8-6-12)21(19,20)16-11-15(14(17)18)9-3-4-10-15/h5-8,16H,2-4,9-11H2,1H3,(H,17,18). The molecule has 1 aliphatic carbocycles. The van der Waals surface area contributed by atoms with Gasteiger partial charge in [-0.15, -0.1) is 0 Å². The monoisotopic (exact) mass is 311 g/mol. The first-order valence-corrected chi connectivity index (χ1v) is 8.70. The van der Waals surface area contributed by atoms with Crippen molar-refractivity contribution in [3.05, 3.63) is 29.8 Å². The fraction of sp³-hybridized carbons (Fsp3) is 0.533. The highest BCUT2D eigenvalue weighted by molar-refractivity contribution is 7.89. The summed E-state index contributed by atoms with van der Waals surface area (Å²) in [6.07, 6.45) is 3.56. The summed E-state index contributed by atoms with van der Waals surface area (Å²) in [5, 5.41) is 9.36. The third kappa shape index (κ3) is 3.44. The van der Waals surface area contributed by atoms with E-state index in [4.69, 9.17) is 0 Å². The maximum atomic E-state index is 12.2. The Morgan fingerprint density at radius 2 is 1.81 bits per heavy atom. The molecule has 0 atom stereocenters. The molecule has 116 valence electrons. The third-order valence-electron chi connectivity index (χ3n) is 4.26. The molecule has 0 spiro atoms. The summed E-state index contributed by atoms with van der Waals surface area (Å²) >= 11 is 0. The summed E-state index contributed by atoms with van der Waals surface area (Å²) in [6.45, 7) is 1.96. The Morgan fingerprint density at radius 1 is 1.24 bits per heavy atom. The molecule has 1 saturated carbocycles. The average molecular weight is 311 g/mol. The van der Waals surface area contributed by atoms with Crippen molar-refractivity contribution < 1.29 is 18.3 Å². The molecule has 0 heterocycles. The Bertz CT molecular complexity index is 601. The van der Waals surface area contributed by atoms with Crippen molar-refractivity contribution in [2.24, 2.45) is 5.41 Å². The Balaban J connectivity index is 2.11. The fourth-order valence-electron chi connectivity index (χ4n) is 2.74. The van der Waals surface area contributed by atoms with Crippen LogP contribution in [-0.2, 0) is 21.2 Å². The van der Waals surface area contributed by atoms with E-state index in [9.17, 15) is 18.3 Å². The second-order valence-corrected chi connectivity index (χ2v) is 7.38. The van der Waals surface area contributed by atoms with Gasteiger partial charge in [-0.3, -0.25) is 4.79 Å². The lowest BCUT2D eigenvalue weighted by atomic mass is 9.87. The molecule has 1 aromatic carbocycles. The number of hydrogen-bond acceptors (Lipinski definition) is 3. The molecular weight excluding hydrogens is 290 g/mol. The molecule has 1 fully saturated rings. The van der Waals surface area contributed by atoms with E-state index < -0.39 is 21.4 Å². The molecule has 1 aromatic rings. The van der Waals surface area contributed by atoms with Gasteiger partial charge in [0.15, 0.2) is 0 Å². The maximum absolute atomic E-state index is 12.2. The van der Waals surface area contributed by atoms with E-state index in [0.29, 0.717) is 12.8 Å². The maximum Gasteiger partial charge on any atom is 0.310 e. The lowest BCUT2D eigenvalue weighted by molar-refractivity contribution is -0.148. The summed E-state index contributed by atoms with van der Waals surface area (Å²) in [7, 11) is -3.66. The fourth-order valence-corrected chi connectivity index (χ4v) is 3.87. The van der Waals surface area contributed by atoms with Gasteiger partial charge in [-0.2, -0.15) is 0 Å². The van der Waals surface area contributed by atoms with Crippen LogP contribution < -0.4 is 4.72 Å². The van der Waals surface area contributed by atoms with Crippen LogP contribution in [0, 0.1) is 5.41 Å². The van der Waals surface area contributed by atoms with E-state index >= 15 is 0 Å². The topological polar surface area (TPSA) is 83.5 Å². The highest BCUT2D eigenvalue weighted by atomic mass is 32.2. The SMILES string of the molecule is CCc1ccc(S(=O)(=O)NCC2(C(=O)O)CCCC2)cc1. The zero-order valence-electron chi connectivity index (χ0n) is 12.1. The van der Waals surface area contributed by atoms with E-state index in [2.05, 4.69) is 4.72 Å². The first-order valence-electron chi connectivity index (χ1n) is 7.22. The highest BCUT2D eigenvalue weighted by Crippen LogP contribution is 2.38. The predicted molar refractivity (Wildman–Crippen MR) is 79.5 cm³/mol. The molecule has 0 saturated heterocycles. The van der Waals surface area contributed by atoms with Crippen LogP contribution in [0.3, 0.4) is 0 Å². The van der Waals surface area contributed by atoms with Gasteiger partial charge in [-0.25, -0.2) is 13.1 Å². The van der Waals surface area contributed by atoms with Gasteiger partial charge in [0.25, 0.3) is 0 Å². The lowest BCUT2D eigenvalue weighted by Crippen LogP contribution is -2.41. The van der Waals surface area contributed by atoms with E-state index in [1.807, 2.05) is 6.92 Å². The van der Waals surface area contributed by atoms with Crippen LogP contribution in [0.4, 0.5) is 0 Å². The average Bonchev–Trinajstić information content (AvgIpc) is 2.96. The highest BCUT2D eigenvalue weighted by Gasteiger charge is 2.42. The van der Waals surface area contributed by atoms with E-state index in [1.54, 1.807) is 24.3 Å². The first-order chi connectivity index (χ1) is 9.89. The molecule has 0 unspecified atom stereocenters. The third-order valence-corrected chi connectivity index (χ3v) is 5.67. The van der Waals surface area contributed by atoms with Crippen LogP contribution in [0.2, 0.25) is 0 Å². The van der Waals surface area contributed by atoms with Gasteiger partial charge in [-0.1, -0.05) is 31.9 Å². The molecule has 6 heteroatoms. The van der Waals surface area contributed by atoms with E-state index in [1.165, 1.54) is 0 Å². The number of carbonyl (C=O) groups is 1. The van der Waals surface area contributed by atoms with Gasteiger partial charge in [0.05, 0.1) is 10.3 Å². The molecule has 0 amide bonds. The number of aliphatic carboxylic acids is 1. The normalized spacial score (nSPS) is 17.8. The second kappa shape index (κ2) is 6.15. The van der Waals surface area contributed by atoms with Gasteiger partial charge in [0.1, 0.15) is 0 Å². The number of carboxylic acids is 1. The summed E-state index contributed by atoms with van der Waals surface area (Å²) in [5.74, 6) is -0.913. The minimum Gasteiger partial charge on any atom is -0.481 e. The van der Waals surface area contributed by atoms with Crippen LogP contribution in [0.25, 0.3) is 0 Å². The van der Waals surface area contributed by atoms with Crippen molar-refractivity contribution in [3.63, 3.8) is 0 Å². The van der Waals surface area contributed by atoms with Crippen LogP contribution in [-0.4, -0.2) is 26.0 Å². The molecule has 0 aromatic heterocycles. The molecule has 1 aliphatic rings. The summed E-state index contributed by atoms with van der Waals surface area (Å²) < 4.78 is 27.0. The van der Waals surface area contributed by atoms with Crippen molar-refractivity contribution in [2.75, 3.05) is 6.54 Å². The summed E-state index contributed by atoms with van der Waals surface area (Å²) in [5.41, 5.74) is 0.114. The molecule has 0 radical (unpaired) electrons. The number of nitrogens with one attached hydrogen (secondary N) is 1. The number of aryl methyl sites for hydroxylation is 1. The molecular formula is C15H21NO4S. The molecule has 5 nitrogen and oxygen atoms in total. The number of sulfonamides is 1. The van der Waals surface area contributed by atoms with Gasteiger partial charge in [0, 0.05) is 6.54 Å². The predicted octanol–water partition coefficient (Wildman–Crippen LogP) is 2.17. The van der Waals surface area contributed by atoms with Crippen molar-refractivity contribution in [2.45, 2.75) is 43.9 Å². The van der Waals surface area contributed by atoms with Crippen molar-refractivity contribution in [1.29, 1.82) is 0 Å². The van der Waals surface area contributed by atoms with Gasteiger partial charge in [0.2, 0.25) is 10.0 Å². The first kappa shape index (κ1) is 16.0. The summed E-state index contributed by atoms with van der Waals surface area (Å²) in [4.78, 5) is 11.6. The van der Waals surface area contributed by atoms with Gasteiger partial charge < -0.3 is 5.11 Å². The minimum absolute atomic E-state index is 0.0415. The summed E-state index contributed by atoms with van der Waals surface area (Å²) in [6, 6.07) is 6.67. The lowest BCUT2D eigenvalue weighted by Gasteiger charge is -2.23.